The number of rotatable bonds is 8. The molecule has 3 rings (SSSR count). The van der Waals surface area contributed by atoms with Gasteiger partial charge < -0.3 is 15.8 Å². The van der Waals surface area contributed by atoms with Crippen LogP contribution in [0.4, 0.5) is 0 Å². The third-order valence-electron chi connectivity index (χ3n) is 4.69. The number of amides is 2. The topological polar surface area (TPSA) is 99.2 Å². The van der Waals surface area contributed by atoms with Gasteiger partial charge in [0.05, 0.1) is 5.69 Å². The summed E-state index contributed by atoms with van der Waals surface area (Å²) in [5.41, 5.74) is 8.32. The zero-order chi connectivity index (χ0) is 21.7. The van der Waals surface area contributed by atoms with E-state index in [9.17, 15) is 9.59 Å². The molecule has 3 N–H and O–H groups in total. The SMILES string of the molecule is Cc1cc(C)n(CC(C)CNC(=O)c2ccc(Oc3ccc(C(N)=O)cc3)cc2)n1. The minimum absolute atomic E-state index is 0.132. The van der Waals surface area contributed by atoms with Gasteiger partial charge in [-0.25, -0.2) is 0 Å². The molecule has 30 heavy (non-hydrogen) atoms. The number of carbonyl (C=O) groups excluding carboxylic acids is 2. The molecule has 0 bridgehead atoms. The van der Waals surface area contributed by atoms with Crippen LogP contribution in [-0.4, -0.2) is 28.1 Å². The van der Waals surface area contributed by atoms with Crippen LogP contribution in [0.1, 0.15) is 39.0 Å². The minimum atomic E-state index is -0.485. The Labute approximate surface area is 175 Å². The predicted molar refractivity (Wildman–Crippen MR) is 115 cm³/mol. The van der Waals surface area contributed by atoms with Crippen molar-refractivity contribution in [2.75, 3.05) is 6.54 Å². The van der Waals surface area contributed by atoms with Crippen LogP contribution in [0.3, 0.4) is 0 Å². The van der Waals surface area contributed by atoms with Gasteiger partial charge in [0.2, 0.25) is 5.91 Å². The number of nitrogens with zero attached hydrogens (tertiary/aromatic N) is 2. The van der Waals surface area contributed by atoms with E-state index in [0.29, 0.717) is 29.2 Å². The molecule has 1 heterocycles. The highest BCUT2D eigenvalue weighted by molar-refractivity contribution is 5.94. The Morgan fingerprint density at radius 3 is 2.10 bits per heavy atom. The largest absolute Gasteiger partial charge is 0.457 e. The zero-order valence-electron chi connectivity index (χ0n) is 17.4. The second-order valence-electron chi connectivity index (χ2n) is 7.44. The Hall–Kier alpha value is -3.61. The molecule has 7 nitrogen and oxygen atoms in total. The second kappa shape index (κ2) is 9.26. The molecule has 0 aliphatic heterocycles. The Bertz CT molecular complexity index is 1020. The van der Waals surface area contributed by atoms with Crippen LogP contribution in [0.15, 0.2) is 54.6 Å². The average molecular weight is 406 g/mol. The summed E-state index contributed by atoms with van der Waals surface area (Å²) in [7, 11) is 0. The summed E-state index contributed by atoms with van der Waals surface area (Å²) in [6.07, 6.45) is 0. The first-order chi connectivity index (χ1) is 14.3. The van der Waals surface area contributed by atoms with Gasteiger partial charge >= 0.3 is 0 Å². The van der Waals surface area contributed by atoms with Gasteiger partial charge in [0.25, 0.3) is 5.91 Å². The van der Waals surface area contributed by atoms with E-state index >= 15 is 0 Å². The maximum atomic E-state index is 12.4. The van der Waals surface area contributed by atoms with Gasteiger partial charge in [0.15, 0.2) is 0 Å². The fraction of sp³-hybridized carbons (Fsp3) is 0.261. The standard InChI is InChI=1S/C23H26N4O3/c1-15(14-27-17(3)12-16(2)26-27)13-25-23(29)19-6-10-21(11-7-19)30-20-8-4-18(5-9-20)22(24)28/h4-12,15H,13-14H2,1-3H3,(H2,24,28)(H,25,29). The summed E-state index contributed by atoms with van der Waals surface area (Å²) < 4.78 is 7.70. The molecule has 3 aromatic rings. The summed E-state index contributed by atoms with van der Waals surface area (Å²) in [6, 6.07) is 15.5. The monoisotopic (exact) mass is 406 g/mol. The molecular formula is C23H26N4O3. The van der Waals surface area contributed by atoms with E-state index in [1.54, 1.807) is 48.5 Å². The van der Waals surface area contributed by atoms with Crippen LogP contribution in [0.25, 0.3) is 0 Å². The van der Waals surface area contributed by atoms with Crippen molar-refractivity contribution in [3.8, 4) is 11.5 Å². The van der Waals surface area contributed by atoms with Crippen molar-refractivity contribution < 1.29 is 14.3 Å². The van der Waals surface area contributed by atoms with E-state index in [4.69, 9.17) is 10.5 Å². The minimum Gasteiger partial charge on any atom is -0.457 e. The Morgan fingerprint density at radius 2 is 1.60 bits per heavy atom. The van der Waals surface area contributed by atoms with Crippen LogP contribution in [0.5, 0.6) is 11.5 Å². The number of carbonyl (C=O) groups is 2. The van der Waals surface area contributed by atoms with Crippen molar-refractivity contribution in [1.29, 1.82) is 0 Å². The molecule has 1 unspecified atom stereocenters. The number of aryl methyl sites for hydroxylation is 2. The molecule has 0 saturated heterocycles. The Balaban J connectivity index is 1.51. The summed E-state index contributed by atoms with van der Waals surface area (Å²) in [5, 5.41) is 7.43. The fourth-order valence-corrected chi connectivity index (χ4v) is 3.09. The van der Waals surface area contributed by atoms with E-state index in [1.165, 1.54) is 0 Å². The molecule has 1 aromatic heterocycles. The van der Waals surface area contributed by atoms with E-state index < -0.39 is 5.91 Å². The normalized spacial score (nSPS) is 11.7. The lowest BCUT2D eigenvalue weighted by Crippen LogP contribution is -2.30. The highest BCUT2D eigenvalue weighted by Crippen LogP contribution is 2.22. The summed E-state index contributed by atoms with van der Waals surface area (Å²) in [6.45, 7) is 7.39. The molecular weight excluding hydrogens is 380 g/mol. The third-order valence-corrected chi connectivity index (χ3v) is 4.69. The molecule has 156 valence electrons. The summed E-state index contributed by atoms with van der Waals surface area (Å²) in [4.78, 5) is 23.5. The smallest absolute Gasteiger partial charge is 0.251 e. The number of aromatic nitrogens is 2. The Kier molecular flexibility index (Phi) is 6.51. The number of ether oxygens (including phenoxy) is 1. The van der Waals surface area contributed by atoms with Gasteiger partial charge in [-0.3, -0.25) is 14.3 Å². The quantitative estimate of drug-likeness (QED) is 0.598. The molecule has 1 atom stereocenters. The zero-order valence-corrected chi connectivity index (χ0v) is 17.4. The van der Waals surface area contributed by atoms with Gasteiger partial charge in [-0.1, -0.05) is 6.92 Å². The van der Waals surface area contributed by atoms with Gasteiger partial charge in [0, 0.05) is 29.9 Å². The molecule has 7 heteroatoms. The highest BCUT2D eigenvalue weighted by atomic mass is 16.5. The van der Waals surface area contributed by atoms with Gasteiger partial charge in [-0.05, 0) is 74.4 Å². The first-order valence-corrected chi connectivity index (χ1v) is 9.79. The first-order valence-electron chi connectivity index (χ1n) is 9.79. The first kappa shape index (κ1) is 21.1. The highest BCUT2D eigenvalue weighted by Gasteiger charge is 2.11. The lowest BCUT2D eigenvalue weighted by molar-refractivity contribution is 0.0945. The van der Waals surface area contributed by atoms with E-state index in [0.717, 1.165) is 17.9 Å². The molecule has 2 amide bonds. The second-order valence-corrected chi connectivity index (χ2v) is 7.44. The fourth-order valence-electron chi connectivity index (χ4n) is 3.09. The molecule has 0 aliphatic carbocycles. The number of primary amides is 1. The van der Waals surface area contributed by atoms with Crippen LogP contribution >= 0.6 is 0 Å². The van der Waals surface area contributed by atoms with Crippen molar-refractivity contribution in [3.05, 3.63) is 77.1 Å². The molecule has 0 fully saturated rings. The predicted octanol–water partition coefficient (Wildman–Crippen LogP) is 3.46. The van der Waals surface area contributed by atoms with Crippen molar-refractivity contribution in [2.24, 2.45) is 11.7 Å². The lowest BCUT2D eigenvalue weighted by Gasteiger charge is -2.14. The van der Waals surface area contributed by atoms with Crippen molar-refractivity contribution in [3.63, 3.8) is 0 Å². The number of hydrogen-bond acceptors (Lipinski definition) is 4. The van der Waals surface area contributed by atoms with E-state index in [1.807, 2.05) is 24.6 Å². The van der Waals surface area contributed by atoms with Crippen LogP contribution in [-0.2, 0) is 6.54 Å². The number of nitrogens with one attached hydrogen (secondary N) is 1. The maximum Gasteiger partial charge on any atom is 0.251 e. The van der Waals surface area contributed by atoms with Crippen molar-refractivity contribution in [2.45, 2.75) is 27.3 Å². The van der Waals surface area contributed by atoms with Crippen LogP contribution in [0.2, 0.25) is 0 Å². The van der Waals surface area contributed by atoms with Crippen LogP contribution in [0, 0.1) is 19.8 Å². The van der Waals surface area contributed by atoms with Gasteiger partial charge in [-0.2, -0.15) is 5.10 Å². The van der Waals surface area contributed by atoms with Crippen molar-refractivity contribution >= 4 is 11.8 Å². The third kappa shape index (κ3) is 5.47. The molecule has 0 saturated carbocycles. The molecule has 0 spiro atoms. The number of hydrogen-bond donors (Lipinski definition) is 2. The Morgan fingerprint density at radius 1 is 1.03 bits per heavy atom. The van der Waals surface area contributed by atoms with Gasteiger partial charge in [-0.15, -0.1) is 0 Å². The maximum absolute atomic E-state index is 12.4. The molecule has 0 aliphatic rings. The van der Waals surface area contributed by atoms with E-state index in [-0.39, 0.29) is 11.8 Å². The summed E-state index contributed by atoms with van der Waals surface area (Å²) in [5.74, 6) is 0.804. The molecule has 0 radical (unpaired) electrons. The summed E-state index contributed by atoms with van der Waals surface area (Å²) >= 11 is 0. The number of nitrogens with two attached hydrogens (primary N) is 1. The van der Waals surface area contributed by atoms with E-state index in [2.05, 4.69) is 17.3 Å². The van der Waals surface area contributed by atoms with Crippen molar-refractivity contribution in [1.82, 2.24) is 15.1 Å². The van der Waals surface area contributed by atoms with Crippen LogP contribution < -0.4 is 15.8 Å². The number of benzene rings is 2. The average Bonchev–Trinajstić information content (AvgIpc) is 3.03. The molecule has 2 aromatic carbocycles. The lowest BCUT2D eigenvalue weighted by atomic mass is 10.1. The van der Waals surface area contributed by atoms with Gasteiger partial charge in [0.1, 0.15) is 11.5 Å².